The number of nitrogen functional groups attached to an aromatic ring is 1. The fourth-order valence-electron chi connectivity index (χ4n) is 1.39. The molecule has 0 amide bonds. The number of aromatic amines is 1. The van der Waals surface area contributed by atoms with Gasteiger partial charge in [-0.25, -0.2) is 9.97 Å². The van der Waals surface area contributed by atoms with Crippen LogP contribution in [0.1, 0.15) is 11.8 Å². The molecule has 6 N–H and O–H groups in total. The summed E-state index contributed by atoms with van der Waals surface area (Å²) >= 11 is 0. The number of hydrogen-bond acceptors (Lipinski definition) is 8. The molecule has 2 heterocycles. The smallest absolute Gasteiger partial charge is 0.280 e. The quantitative estimate of drug-likeness (QED) is 0.407. The molecule has 18 heavy (non-hydrogen) atoms. The SMILES string of the molecule is Nc1nc2ncc([C@@H](O)[C@H](O)CO)nc2c(=O)[nH]1. The minimum atomic E-state index is -1.44. The molecule has 2 aromatic heterocycles. The number of nitrogens with two attached hydrogens (primary N) is 1. The van der Waals surface area contributed by atoms with Gasteiger partial charge in [-0.2, -0.15) is 4.98 Å². The first-order chi connectivity index (χ1) is 8.52. The van der Waals surface area contributed by atoms with Crippen LogP contribution in [-0.4, -0.2) is 48.0 Å². The van der Waals surface area contributed by atoms with Gasteiger partial charge in [0.2, 0.25) is 5.95 Å². The van der Waals surface area contributed by atoms with Gasteiger partial charge in [-0.05, 0) is 0 Å². The Morgan fingerprint density at radius 1 is 1.39 bits per heavy atom. The number of rotatable bonds is 3. The zero-order valence-electron chi connectivity index (χ0n) is 9.11. The fourth-order valence-corrected chi connectivity index (χ4v) is 1.39. The predicted molar refractivity (Wildman–Crippen MR) is 60.4 cm³/mol. The molecule has 0 radical (unpaired) electrons. The van der Waals surface area contributed by atoms with Gasteiger partial charge >= 0.3 is 0 Å². The number of H-pyrrole nitrogens is 1. The number of anilines is 1. The van der Waals surface area contributed by atoms with Crippen molar-refractivity contribution in [2.24, 2.45) is 0 Å². The van der Waals surface area contributed by atoms with Gasteiger partial charge in [0.1, 0.15) is 12.2 Å². The molecule has 0 saturated carbocycles. The first-order valence-electron chi connectivity index (χ1n) is 5.02. The summed E-state index contributed by atoms with van der Waals surface area (Å²) in [6.45, 7) is -0.642. The first-order valence-corrected chi connectivity index (χ1v) is 5.02. The highest BCUT2D eigenvalue weighted by Crippen LogP contribution is 2.14. The van der Waals surface area contributed by atoms with Crippen molar-refractivity contribution < 1.29 is 15.3 Å². The van der Waals surface area contributed by atoms with Crippen LogP contribution < -0.4 is 11.3 Å². The zero-order chi connectivity index (χ0) is 13.3. The number of aliphatic hydroxyl groups excluding tert-OH is 3. The number of nitrogens with one attached hydrogen (secondary N) is 1. The van der Waals surface area contributed by atoms with Gasteiger partial charge in [-0.15, -0.1) is 0 Å². The molecule has 0 aliphatic rings. The molecule has 2 aromatic rings. The van der Waals surface area contributed by atoms with Crippen molar-refractivity contribution in [3.05, 3.63) is 22.2 Å². The van der Waals surface area contributed by atoms with E-state index in [4.69, 9.17) is 10.8 Å². The first kappa shape index (κ1) is 12.4. The third-order valence-corrected chi connectivity index (χ3v) is 2.31. The Kier molecular flexibility index (Phi) is 3.19. The molecular formula is C9H11N5O4. The van der Waals surface area contributed by atoms with Crippen LogP contribution in [0.2, 0.25) is 0 Å². The minimum Gasteiger partial charge on any atom is -0.394 e. The van der Waals surface area contributed by atoms with Crippen LogP contribution in [0.4, 0.5) is 5.95 Å². The van der Waals surface area contributed by atoms with Gasteiger partial charge < -0.3 is 21.1 Å². The molecule has 9 heteroatoms. The van der Waals surface area contributed by atoms with E-state index in [9.17, 15) is 15.0 Å². The van der Waals surface area contributed by atoms with Gasteiger partial charge in [-0.3, -0.25) is 9.78 Å². The largest absolute Gasteiger partial charge is 0.394 e. The molecule has 0 aliphatic heterocycles. The summed E-state index contributed by atoms with van der Waals surface area (Å²) < 4.78 is 0. The van der Waals surface area contributed by atoms with Crippen molar-refractivity contribution in [2.75, 3.05) is 12.3 Å². The molecule has 0 fully saturated rings. The number of hydrogen-bond donors (Lipinski definition) is 5. The molecular weight excluding hydrogens is 242 g/mol. The van der Waals surface area contributed by atoms with E-state index in [-0.39, 0.29) is 22.8 Å². The maximum atomic E-state index is 11.5. The third kappa shape index (κ3) is 2.14. The van der Waals surface area contributed by atoms with E-state index in [1.54, 1.807) is 0 Å². The second-order valence-corrected chi connectivity index (χ2v) is 3.61. The van der Waals surface area contributed by atoms with Gasteiger partial charge in [-0.1, -0.05) is 0 Å². The molecule has 0 aromatic carbocycles. The summed E-state index contributed by atoms with van der Waals surface area (Å²) in [6, 6.07) is 0. The van der Waals surface area contributed by atoms with Crippen LogP contribution in [0.25, 0.3) is 11.2 Å². The molecule has 0 saturated heterocycles. The Morgan fingerprint density at radius 3 is 2.78 bits per heavy atom. The Balaban J connectivity index is 2.54. The Bertz CT molecular complexity index is 628. The lowest BCUT2D eigenvalue weighted by atomic mass is 10.1. The van der Waals surface area contributed by atoms with Crippen LogP contribution in [0.5, 0.6) is 0 Å². The number of fused-ring (bicyclic) bond motifs is 1. The van der Waals surface area contributed by atoms with Gasteiger partial charge in [0.05, 0.1) is 18.5 Å². The number of aromatic nitrogens is 4. The van der Waals surface area contributed by atoms with Crippen LogP contribution in [-0.2, 0) is 0 Å². The summed E-state index contributed by atoms with van der Waals surface area (Å²) in [4.78, 5) is 25.2. The van der Waals surface area contributed by atoms with Gasteiger partial charge in [0.25, 0.3) is 5.56 Å². The van der Waals surface area contributed by atoms with E-state index in [1.165, 1.54) is 0 Å². The average Bonchev–Trinajstić information content (AvgIpc) is 2.36. The molecule has 0 aliphatic carbocycles. The lowest BCUT2D eigenvalue weighted by Gasteiger charge is -2.14. The van der Waals surface area contributed by atoms with Crippen molar-refractivity contribution in [1.82, 2.24) is 19.9 Å². The maximum absolute atomic E-state index is 11.5. The van der Waals surface area contributed by atoms with Crippen molar-refractivity contribution in [2.45, 2.75) is 12.2 Å². The topological polar surface area (TPSA) is 158 Å². The predicted octanol–water partition coefficient (Wildman–Crippen LogP) is -2.32. The van der Waals surface area contributed by atoms with Crippen LogP contribution in [0.3, 0.4) is 0 Å². The molecule has 2 atom stereocenters. The molecule has 0 spiro atoms. The van der Waals surface area contributed by atoms with Crippen molar-refractivity contribution in [3.8, 4) is 0 Å². The van der Waals surface area contributed by atoms with Crippen LogP contribution in [0, 0.1) is 0 Å². The van der Waals surface area contributed by atoms with Gasteiger partial charge in [0.15, 0.2) is 11.2 Å². The van der Waals surface area contributed by atoms with Crippen molar-refractivity contribution in [3.63, 3.8) is 0 Å². The van der Waals surface area contributed by atoms with E-state index < -0.39 is 24.4 Å². The van der Waals surface area contributed by atoms with E-state index in [0.29, 0.717) is 0 Å². The zero-order valence-corrected chi connectivity index (χ0v) is 9.11. The summed E-state index contributed by atoms with van der Waals surface area (Å²) in [5.41, 5.74) is 4.62. The normalized spacial score (nSPS) is 14.6. The van der Waals surface area contributed by atoms with Gasteiger partial charge in [0, 0.05) is 0 Å². The van der Waals surface area contributed by atoms with Crippen LogP contribution >= 0.6 is 0 Å². The Hall–Kier alpha value is -2.10. The minimum absolute atomic E-state index is 0.0330. The highest BCUT2D eigenvalue weighted by atomic mass is 16.4. The van der Waals surface area contributed by atoms with E-state index >= 15 is 0 Å². The maximum Gasteiger partial charge on any atom is 0.280 e. The number of nitrogens with zero attached hydrogens (tertiary/aromatic N) is 3. The number of aliphatic hydroxyl groups is 3. The van der Waals surface area contributed by atoms with Crippen molar-refractivity contribution >= 4 is 17.1 Å². The molecule has 9 nitrogen and oxygen atoms in total. The average molecular weight is 253 g/mol. The monoisotopic (exact) mass is 253 g/mol. The summed E-state index contributed by atoms with van der Waals surface area (Å²) in [6.07, 6.45) is -1.70. The van der Waals surface area contributed by atoms with E-state index in [0.717, 1.165) is 6.20 Å². The Labute approximate surface area is 100.0 Å². The van der Waals surface area contributed by atoms with Crippen LogP contribution in [0.15, 0.2) is 11.0 Å². The molecule has 2 rings (SSSR count). The molecule has 0 bridgehead atoms. The molecule has 96 valence electrons. The third-order valence-electron chi connectivity index (χ3n) is 2.31. The summed E-state index contributed by atoms with van der Waals surface area (Å²) in [7, 11) is 0. The standard InChI is InChI=1S/C9H11N5O4/c10-9-13-7-5(8(18)14-9)12-3(1-11-7)6(17)4(16)2-15/h1,4,6,15-17H,2H2,(H3,10,11,13,14,18)/t4-,6-/m1/s1. The lowest BCUT2D eigenvalue weighted by molar-refractivity contribution is -0.0173. The Morgan fingerprint density at radius 2 is 2.11 bits per heavy atom. The van der Waals surface area contributed by atoms with E-state index in [2.05, 4.69) is 19.9 Å². The second-order valence-electron chi connectivity index (χ2n) is 3.61. The summed E-state index contributed by atoms with van der Waals surface area (Å²) in [5.74, 6) is -0.0921. The van der Waals surface area contributed by atoms with Crippen molar-refractivity contribution in [1.29, 1.82) is 0 Å². The fraction of sp³-hybridized carbons (Fsp3) is 0.333. The summed E-state index contributed by atoms with van der Waals surface area (Å²) in [5, 5.41) is 27.6. The van der Waals surface area contributed by atoms with E-state index in [1.807, 2.05) is 0 Å². The lowest BCUT2D eigenvalue weighted by Crippen LogP contribution is -2.24. The molecule has 0 unspecified atom stereocenters. The highest BCUT2D eigenvalue weighted by molar-refractivity contribution is 5.69. The second kappa shape index (κ2) is 4.64. The highest BCUT2D eigenvalue weighted by Gasteiger charge is 2.20.